The first-order chi connectivity index (χ1) is 12.8. The van der Waals surface area contributed by atoms with Crippen molar-refractivity contribution in [1.29, 1.82) is 0 Å². The lowest BCUT2D eigenvalue weighted by Crippen LogP contribution is -1.88. The van der Waals surface area contributed by atoms with E-state index in [0.717, 1.165) is 37.1 Å². The molecule has 5 rings (SSSR count). The van der Waals surface area contributed by atoms with Crippen molar-refractivity contribution in [3.8, 4) is 11.3 Å². The highest BCUT2D eigenvalue weighted by Crippen LogP contribution is 2.42. The number of fused-ring (bicyclic) bond motifs is 1. The standard InChI is InChI=1S/C21H16ClN3S/c22-15-6-8-16(9-7-15)26-20-17-2-1-11-23-21(17)25-19(20)14-5-10-18(24-12-14)13-3-4-13/h1-2,5-13H,3-4H2,(H,23,25). The number of nitrogens with zero attached hydrogens (tertiary/aromatic N) is 2. The van der Waals surface area contributed by atoms with Crippen LogP contribution in [-0.4, -0.2) is 15.0 Å². The van der Waals surface area contributed by atoms with Gasteiger partial charge in [0.2, 0.25) is 0 Å². The SMILES string of the molecule is Clc1ccc(Sc2c(-c3ccc(C4CC4)nc3)[nH]c3ncccc23)cc1. The number of nitrogens with one attached hydrogen (secondary N) is 1. The molecule has 1 aliphatic carbocycles. The second kappa shape index (κ2) is 6.45. The molecule has 0 bridgehead atoms. The van der Waals surface area contributed by atoms with Gasteiger partial charge in [-0.1, -0.05) is 23.4 Å². The Kier molecular flexibility index (Phi) is 3.95. The van der Waals surface area contributed by atoms with E-state index in [4.69, 9.17) is 11.6 Å². The van der Waals surface area contributed by atoms with Gasteiger partial charge in [-0.15, -0.1) is 0 Å². The molecule has 0 radical (unpaired) electrons. The van der Waals surface area contributed by atoms with Crippen molar-refractivity contribution in [3.63, 3.8) is 0 Å². The van der Waals surface area contributed by atoms with E-state index >= 15 is 0 Å². The van der Waals surface area contributed by atoms with Gasteiger partial charge >= 0.3 is 0 Å². The fourth-order valence-corrected chi connectivity index (χ4v) is 4.28. The third-order valence-electron chi connectivity index (χ3n) is 4.63. The summed E-state index contributed by atoms with van der Waals surface area (Å²) in [6, 6.07) is 16.3. The fraction of sp³-hybridized carbons (Fsp3) is 0.143. The van der Waals surface area contributed by atoms with Gasteiger partial charge in [-0.05, 0) is 61.4 Å². The monoisotopic (exact) mass is 377 g/mol. The molecule has 4 aromatic rings. The van der Waals surface area contributed by atoms with Crippen LogP contribution in [0.2, 0.25) is 5.02 Å². The maximum absolute atomic E-state index is 6.03. The van der Waals surface area contributed by atoms with E-state index in [1.54, 1.807) is 11.8 Å². The zero-order valence-electron chi connectivity index (χ0n) is 13.9. The Labute approximate surface area is 160 Å². The first-order valence-electron chi connectivity index (χ1n) is 8.64. The molecule has 0 saturated heterocycles. The van der Waals surface area contributed by atoms with Crippen molar-refractivity contribution in [2.75, 3.05) is 0 Å². The molecule has 3 heterocycles. The van der Waals surface area contributed by atoms with Crippen molar-refractivity contribution < 1.29 is 0 Å². The second-order valence-electron chi connectivity index (χ2n) is 6.53. The lowest BCUT2D eigenvalue weighted by Gasteiger charge is -2.06. The van der Waals surface area contributed by atoms with Crippen LogP contribution in [0.25, 0.3) is 22.3 Å². The van der Waals surface area contributed by atoms with E-state index in [0.29, 0.717) is 5.92 Å². The third-order valence-corrected chi connectivity index (χ3v) is 6.02. The van der Waals surface area contributed by atoms with Gasteiger partial charge in [0.15, 0.2) is 0 Å². The molecule has 26 heavy (non-hydrogen) atoms. The maximum Gasteiger partial charge on any atom is 0.138 e. The summed E-state index contributed by atoms with van der Waals surface area (Å²) in [4.78, 5) is 15.0. The Hall–Kier alpha value is -2.30. The van der Waals surface area contributed by atoms with E-state index in [-0.39, 0.29) is 0 Å². The van der Waals surface area contributed by atoms with Crippen LogP contribution in [0.5, 0.6) is 0 Å². The molecule has 3 aromatic heterocycles. The summed E-state index contributed by atoms with van der Waals surface area (Å²) in [6.07, 6.45) is 6.32. The molecule has 1 saturated carbocycles. The molecule has 1 aliphatic rings. The van der Waals surface area contributed by atoms with Gasteiger partial charge in [-0.2, -0.15) is 0 Å². The molecule has 128 valence electrons. The average Bonchev–Trinajstić information content (AvgIpc) is 3.47. The second-order valence-corrected chi connectivity index (χ2v) is 8.05. The van der Waals surface area contributed by atoms with E-state index in [9.17, 15) is 0 Å². The smallest absolute Gasteiger partial charge is 0.138 e. The molecular formula is C21H16ClN3S. The van der Waals surface area contributed by atoms with Crippen LogP contribution < -0.4 is 0 Å². The Morgan fingerprint density at radius 1 is 1.00 bits per heavy atom. The number of rotatable bonds is 4. The molecular weight excluding hydrogens is 362 g/mol. The van der Waals surface area contributed by atoms with Crippen molar-refractivity contribution in [1.82, 2.24) is 15.0 Å². The van der Waals surface area contributed by atoms with Crippen molar-refractivity contribution in [2.24, 2.45) is 0 Å². The largest absolute Gasteiger partial charge is 0.338 e. The lowest BCUT2D eigenvalue weighted by atomic mass is 10.1. The van der Waals surface area contributed by atoms with Crippen molar-refractivity contribution in [2.45, 2.75) is 28.6 Å². The number of aromatic amines is 1. The van der Waals surface area contributed by atoms with Crippen LogP contribution >= 0.6 is 23.4 Å². The topological polar surface area (TPSA) is 41.6 Å². The van der Waals surface area contributed by atoms with Gasteiger partial charge < -0.3 is 4.98 Å². The van der Waals surface area contributed by atoms with Crippen molar-refractivity contribution >= 4 is 34.4 Å². The lowest BCUT2D eigenvalue weighted by molar-refractivity contribution is 1.02. The predicted molar refractivity (Wildman–Crippen MR) is 107 cm³/mol. The molecule has 1 fully saturated rings. The molecule has 0 unspecified atom stereocenters. The van der Waals surface area contributed by atoms with E-state index < -0.39 is 0 Å². The number of hydrogen-bond acceptors (Lipinski definition) is 3. The summed E-state index contributed by atoms with van der Waals surface area (Å²) in [5.41, 5.74) is 4.25. The zero-order chi connectivity index (χ0) is 17.5. The van der Waals surface area contributed by atoms with Gasteiger partial charge in [0.05, 0.1) is 5.69 Å². The third kappa shape index (κ3) is 3.00. The highest BCUT2D eigenvalue weighted by Gasteiger charge is 2.25. The Morgan fingerprint density at radius 2 is 1.85 bits per heavy atom. The molecule has 1 N–H and O–H groups in total. The molecule has 0 atom stereocenters. The Balaban J connectivity index is 1.60. The number of aromatic nitrogens is 3. The van der Waals surface area contributed by atoms with Gasteiger partial charge in [0.25, 0.3) is 0 Å². The normalized spacial score (nSPS) is 14.0. The minimum Gasteiger partial charge on any atom is -0.338 e. The number of H-pyrrole nitrogens is 1. The van der Waals surface area contributed by atoms with Gasteiger partial charge in [-0.25, -0.2) is 4.98 Å². The Bertz CT molecular complexity index is 1070. The predicted octanol–water partition coefficient (Wildman–Crippen LogP) is 6.31. The fourth-order valence-electron chi connectivity index (χ4n) is 3.10. The molecule has 5 heteroatoms. The molecule has 0 spiro atoms. The number of pyridine rings is 2. The summed E-state index contributed by atoms with van der Waals surface area (Å²) in [6.45, 7) is 0. The molecule has 3 nitrogen and oxygen atoms in total. The van der Waals surface area contributed by atoms with Crippen LogP contribution in [0.4, 0.5) is 0 Å². The summed E-state index contributed by atoms with van der Waals surface area (Å²) in [5.74, 6) is 0.663. The van der Waals surface area contributed by atoms with Crippen LogP contribution in [0.15, 0.2) is 70.7 Å². The Morgan fingerprint density at radius 3 is 2.58 bits per heavy atom. The summed E-state index contributed by atoms with van der Waals surface area (Å²) in [5, 5.41) is 1.86. The van der Waals surface area contributed by atoms with E-state index in [2.05, 4.69) is 33.2 Å². The minimum absolute atomic E-state index is 0.663. The molecule has 0 amide bonds. The van der Waals surface area contributed by atoms with Crippen LogP contribution in [0, 0.1) is 0 Å². The number of benzene rings is 1. The van der Waals surface area contributed by atoms with Crippen LogP contribution in [0.3, 0.4) is 0 Å². The first-order valence-corrected chi connectivity index (χ1v) is 9.84. The van der Waals surface area contributed by atoms with Gasteiger partial charge in [0, 0.05) is 49.8 Å². The molecule has 0 aliphatic heterocycles. The molecule has 1 aromatic carbocycles. The van der Waals surface area contributed by atoms with Crippen LogP contribution in [-0.2, 0) is 0 Å². The highest BCUT2D eigenvalue weighted by molar-refractivity contribution is 7.99. The van der Waals surface area contributed by atoms with Crippen LogP contribution in [0.1, 0.15) is 24.5 Å². The summed E-state index contributed by atoms with van der Waals surface area (Å²) < 4.78 is 0. The minimum atomic E-state index is 0.663. The van der Waals surface area contributed by atoms with Crippen molar-refractivity contribution in [3.05, 3.63) is 71.6 Å². The first kappa shape index (κ1) is 15.9. The van der Waals surface area contributed by atoms with E-state index in [1.807, 2.05) is 42.7 Å². The van der Waals surface area contributed by atoms with Gasteiger partial charge in [0.1, 0.15) is 5.65 Å². The quantitative estimate of drug-likeness (QED) is 0.453. The summed E-state index contributed by atoms with van der Waals surface area (Å²) >= 11 is 7.75. The number of halogens is 1. The zero-order valence-corrected chi connectivity index (χ0v) is 15.5. The summed E-state index contributed by atoms with van der Waals surface area (Å²) in [7, 11) is 0. The van der Waals surface area contributed by atoms with E-state index in [1.165, 1.54) is 18.5 Å². The van der Waals surface area contributed by atoms with Gasteiger partial charge in [-0.3, -0.25) is 4.98 Å². The highest BCUT2D eigenvalue weighted by atomic mass is 35.5. The average molecular weight is 378 g/mol. The number of hydrogen-bond donors (Lipinski definition) is 1. The maximum atomic E-state index is 6.03.